The van der Waals surface area contributed by atoms with Crippen LogP contribution in [-0.4, -0.2) is 23.1 Å². The van der Waals surface area contributed by atoms with E-state index < -0.39 is 18.0 Å². The summed E-state index contributed by atoms with van der Waals surface area (Å²) in [6.45, 7) is 5.93. The summed E-state index contributed by atoms with van der Waals surface area (Å²) in [5, 5.41) is 14.4. The van der Waals surface area contributed by atoms with Crippen molar-refractivity contribution in [3.8, 4) is 0 Å². The van der Waals surface area contributed by atoms with E-state index in [1.807, 2.05) is 39.0 Å². The van der Waals surface area contributed by atoms with Gasteiger partial charge in [0, 0.05) is 5.69 Å². The zero-order valence-corrected chi connectivity index (χ0v) is 12.9. The van der Waals surface area contributed by atoms with E-state index >= 15 is 0 Å². The number of carbonyl (C=O) groups excluding carboxylic acids is 1. The molecule has 0 spiro atoms. The Hall–Kier alpha value is -2.04. The highest BCUT2D eigenvalue weighted by atomic mass is 16.4. The maximum atomic E-state index is 12.1. The quantitative estimate of drug-likeness (QED) is 0.722. The van der Waals surface area contributed by atoms with Gasteiger partial charge in [-0.2, -0.15) is 0 Å². The van der Waals surface area contributed by atoms with Gasteiger partial charge in [-0.3, -0.25) is 0 Å². The van der Waals surface area contributed by atoms with Crippen molar-refractivity contribution in [1.29, 1.82) is 0 Å². The van der Waals surface area contributed by atoms with Gasteiger partial charge < -0.3 is 15.7 Å². The van der Waals surface area contributed by atoms with Crippen molar-refractivity contribution in [2.45, 2.75) is 52.5 Å². The van der Waals surface area contributed by atoms with Crippen LogP contribution in [0, 0.1) is 0 Å². The molecule has 1 aromatic rings. The number of aryl methyl sites for hydroxylation is 2. The first-order chi connectivity index (χ1) is 10.0. The minimum Gasteiger partial charge on any atom is -0.480 e. The summed E-state index contributed by atoms with van der Waals surface area (Å²) < 4.78 is 0. The number of nitrogens with one attached hydrogen (secondary N) is 2. The number of rotatable bonds is 7. The third-order valence-corrected chi connectivity index (χ3v) is 3.42. The molecule has 0 bridgehead atoms. The van der Waals surface area contributed by atoms with Gasteiger partial charge in [0.05, 0.1) is 0 Å². The summed E-state index contributed by atoms with van der Waals surface area (Å²) in [6, 6.07) is 4.59. The number of urea groups is 1. The molecule has 0 fully saturated rings. The van der Waals surface area contributed by atoms with Crippen LogP contribution in [-0.2, 0) is 17.6 Å². The van der Waals surface area contributed by atoms with Crippen LogP contribution < -0.4 is 10.6 Å². The van der Waals surface area contributed by atoms with Gasteiger partial charge in [0.2, 0.25) is 0 Å². The normalized spacial score (nSPS) is 11.8. The third-order valence-electron chi connectivity index (χ3n) is 3.42. The molecule has 116 valence electrons. The Balaban J connectivity index is 2.85. The van der Waals surface area contributed by atoms with E-state index in [9.17, 15) is 9.59 Å². The van der Waals surface area contributed by atoms with Crippen molar-refractivity contribution >= 4 is 17.7 Å². The second-order valence-corrected chi connectivity index (χ2v) is 4.94. The van der Waals surface area contributed by atoms with Gasteiger partial charge >= 0.3 is 12.0 Å². The highest BCUT2D eigenvalue weighted by Gasteiger charge is 2.19. The minimum atomic E-state index is -1.01. The SMILES string of the molecule is CCCC(NC(=O)Nc1c(CC)cccc1CC)C(=O)O. The lowest BCUT2D eigenvalue weighted by Gasteiger charge is -2.17. The molecular weight excluding hydrogens is 268 g/mol. The maximum absolute atomic E-state index is 12.1. The summed E-state index contributed by atoms with van der Waals surface area (Å²) in [6.07, 6.45) is 2.73. The predicted octanol–water partition coefficient (Wildman–Crippen LogP) is 3.19. The van der Waals surface area contributed by atoms with Crippen molar-refractivity contribution in [2.24, 2.45) is 0 Å². The van der Waals surface area contributed by atoms with Gasteiger partial charge in [0.15, 0.2) is 0 Å². The Kier molecular flexibility index (Phi) is 6.72. The summed E-state index contributed by atoms with van der Waals surface area (Å²) in [5.74, 6) is -1.01. The molecule has 2 amide bonds. The Morgan fingerprint density at radius 1 is 1.14 bits per heavy atom. The molecule has 3 N–H and O–H groups in total. The van der Waals surface area contributed by atoms with Crippen LogP contribution in [0.3, 0.4) is 0 Å². The molecular formula is C16H24N2O3. The highest BCUT2D eigenvalue weighted by Crippen LogP contribution is 2.22. The molecule has 0 aliphatic heterocycles. The molecule has 0 saturated heterocycles. The highest BCUT2D eigenvalue weighted by molar-refractivity contribution is 5.93. The second kappa shape index (κ2) is 8.29. The van der Waals surface area contributed by atoms with Crippen LogP contribution in [0.4, 0.5) is 10.5 Å². The van der Waals surface area contributed by atoms with Crippen molar-refractivity contribution in [3.05, 3.63) is 29.3 Å². The molecule has 5 nitrogen and oxygen atoms in total. The van der Waals surface area contributed by atoms with Crippen LogP contribution in [0.5, 0.6) is 0 Å². The van der Waals surface area contributed by atoms with E-state index in [0.717, 1.165) is 29.7 Å². The average Bonchev–Trinajstić information content (AvgIpc) is 2.46. The Morgan fingerprint density at radius 2 is 1.71 bits per heavy atom. The smallest absolute Gasteiger partial charge is 0.326 e. The fourth-order valence-electron chi connectivity index (χ4n) is 2.26. The zero-order chi connectivity index (χ0) is 15.8. The number of para-hydroxylation sites is 1. The summed E-state index contributed by atoms with van der Waals surface area (Å²) in [5.41, 5.74) is 2.89. The number of anilines is 1. The largest absolute Gasteiger partial charge is 0.480 e. The summed E-state index contributed by atoms with van der Waals surface area (Å²) in [7, 11) is 0. The van der Waals surface area contributed by atoms with E-state index in [2.05, 4.69) is 10.6 Å². The summed E-state index contributed by atoms with van der Waals surface area (Å²) in [4.78, 5) is 23.1. The first kappa shape index (κ1) is 17.0. The molecule has 1 unspecified atom stereocenters. The van der Waals surface area contributed by atoms with Crippen molar-refractivity contribution in [2.75, 3.05) is 5.32 Å². The molecule has 0 aliphatic carbocycles. The molecule has 0 aromatic heterocycles. The molecule has 1 atom stereocenters. The van der Waals surface area contributed by atoms with Crippen LogP contribution >= 0.6 is 0 Å². The van der Waals surface area contributed by atoms with E-state index in [-0.39, 0.29) is 0 Å². The van der Waals surface area contributed by atoms with E-state index in [1.165, 1.54) is 0 Å². The lowest BCUT2D eigenvalue weighted by Crippen LogP contribution is -2.43. The zero-order valence-electron chi connectivity index (χ0n) is 12.9. The third kappa shape index (κ3) is 4.77. The van der Waals surface area contributed by atoms with Gasteiger partial charge in [0.25, 0.3) is 0 Å². The van der Waals surface area contributed by atoms with Gasteiger partial charge in [0.1, 0.15) is 6.04 Å². The molecule has 1 rings (SSSR count). The van der Waals surface area contributed by atoms with E-state index in [0.29, 0.717) is 12.8 Å². The fourth-order valence-corrected chi connectivity index (χ4v) is 2.26. The van der Waals surface area contributed by atoms with E-state index in [4.69, 9.17) is 5.11 Å². The van der Waals surface area contributed by atoms with Crippen LogP contribution in [0.25, 0.3) is 0 Å². The molecule has 0 radical (unpaired) electrons. The van der Waals surface area contributed by atoms with Crippen LogP contribution in [0.15, 0.2) is 18.2 Å². The number of carboxylic acid groups (broad SMARTS) is 1. The molecule has 5 heteroatoms. The van der Waals surface area contributed by atoms with Crippen LogP contribution in [0.1, 0.15) is 44.7 Å². The fraction of sp³-hybridized carbons (Fsp3) is 0.500. The Labute approximate surface area is 125 Å². The second-order valence-electron chi connectivity index (χ2n) is 4.94. The number of carbonyl (C=O) groups is 2. The molecule has 0 saturated carbocycles. The monoisotopic (exact) mass is 292 g/mol. The van der Waals surface area contributed by atoms with Crippen molar-refractivity contribution in [1.82, 2.24) is 5.32 Å². The van der Waals surface area contributed by atoms with Gasteiger partial charge in [-0.05, 0) is 30.4 Å². The Bertz CT molecular complexity index is 478. The number of benzene rings is 1. The molecule has 0 aliphatic rings. The van der Waals surface area contributed by atoms with Crippen molar-refractivity contribution < 1.29 is 14.7 Å². The average molecular weight is 292 g/mol. The van der Waals surface area contributed by atoms with Gasteiger partial charge in [-0.15, -0.1) is 0 Å². The Morgan fingerprint density at radius 3 is 2.14 bits per heavy atom. The minimum absolute atomic E-state index is 0.415. The van der Waals surface area contributed by atoms with Crippen LogP contribution in [0.2, 0.25) is 0 Å². The lowest BCUT2D eigenvalue weighted by atomic mass is 10.0. The lowest BCUT2D eigenvalue weighted by molar-refractivity contribution is -0.139. The maximum Gasteiger partial charge on any atom is 0.326 e. The number of hydrogen-bond acceptors (Lipinski definition) is 2. The molecule has 21 heavy (non-hydrogen) atoms. The topological polar surface area (TPSA) is 78.4 Å². The van der Waals surface area contributed by atoms with Gasteiger partial charge in [-0.1, -0.05) is 45.4 Å². The van der Waals surface area contributed by atoms with Crippen molar-refractivity contribution in [3.63, 3.8) is 0 Å². The standard InChI is InChI=1S/C16H24N2O3/c1-4-8-13(15(19)20)17-16(21)18-14-11(5-2)9-7-10-12(14)6-3/h7,9-10,13H,4-6,8H2,1-3H3,(H,19,20)(H2,17,18,21). The number of carboxylic acids is 1. The summed E-state index contributed by atoms with van der Waals surface area (Å²) >= 11 is 0. The van der Waals surface area contributed by atoms with E-state index in [1.54, 1.807) is 0 Å². The number of amides is 2. The number of aliphatic carboxylic acids is 1. The first-order valence-electron chi connectivity index (χ1n) is 7.44. The van der Waals surface area contributed by atoms with Gasteiger partial charge in [-0.25, -0.2) is 9.59 Å². The number of hydrogen-bond donors (Lipinski definition) is 3. The first-order valence-corrected chi connectivity index (χ1v) is 7.44. The molecule has 1 aromatic carbocycles. The molecule has 0 heterocycles. The predicted molar refractivity (Wildman–Crippen MR) is 83.7 cm³/mol.